The molecule has 2 N–H and O–H groups in total. The summed E-state index contributed by atoms with van der Waals surface area (Å²) in [7, 11) is 1.52. The molecule has 0 saturated carbocycles. The lowest BCUT2D eigenvalue weighted by Gasteiger charge is -2.27. The van der Waals surface area contributed by atoms with E-state index in [9.17, 15) is 23.1 Å². The fraction of sp³-hybridized carbons (Fsp3) is 0.562. The number of likely N-dealkylation sites (N-methyl/N-ethyl adjacent to an activating group) is 1. The van der Waals surface area contributed by atoms with Crippen LogP contribution in [0, 0.1) is 0 Å². The predicted molar refractivity (Wildman–Crippen MR) is 82.2 cm³/mol. The van der Waals surface area contributed by atoms with E-state index < -0.39 is 35.8 Å². The van der Waals surface area contributed by atoms with E-state index in [-0.39, 0.29) is 12.1 Å². The number of carbonyl (C=O) groups is 1. The van der Waals surface area contributed by atoms with Crippen LogP contribution in [0.2, 0.25) is 0 Å². The monoisotopic (exact) mass is 332 g/mol. The molecular weight excluding hydrogens is 309 g/mol. The third-order valence-corrected chi connectivity index (χ3v) is 3.74. The Kier molecular flexibility index (Phi) is 6.44. The Labute approximate surface area is 134 Å². The van der Waals surface area contributed by atoms with Crippen LogP contribution in [-0.4, -0.2) is 41.8 Å². The van der Waals surface area contributed by atoms with Gasteiger partial charge in [-0.1, -0.05) is 25.1 Å². The van der Waals surface area contributed by atoms with Gasteiger partial charge in [0.15, 0.2) is 0 Å². The van der Waals surface area contributed by atoms with E-state index in [0.29, 0.717) is 0 Å². The van der Waals surface area contributed by atoms with Gasteiger partial charge in [0.2, 0.25) is 0 Å². The van der Waals surface area contributed by atoms with E-state index in [4.69, 9.17) is 0 Å². The van der Waals surface area contributed by atoms with Crippen molar-refractivity contribution in [2.24, 2.45) is 0 Å². The average Bonchev–Trinajstić information content (AvgIpc) is 2.44. The minimum absolute atomic E-state index is 0.144. The van der Waals surface area contributed by atoms with Gasteiger partial charge in [-0.15, -0.1) is 0 Å². The van der Waals surface area contributed by atoms with Crippen molar-refractivity contribution in [3.05, 3.63) is 35.4 Å². The molecule has 0 radical (unpaired) electrons. The maximum atomic E-state index is 13.1. The zero-order valence-corrected chi connectivity index (χ0v) is 13.7. The summed E-state index contributed by atoms with van der Waals surface area (Å²) >= 11 is 0. The third kappa shape index (κ3) is 5.42. The maximum absolute atomic E-state index is 13.1. The Bertz CT molecular complexity index is 532. The largest absolute Gasteiger partial charge is 0.416 e. The number of nitrogens with one attached hydrogen (secondary N) is 1. The van der Waals surface area contributed by atoms with Gasteiger partial charge >= 0.3 is 12.2 Å². The van der Waals surface area contributed by atoms with E-state index in [0.717, 1.165) is 6.07 Å². The lowest BCUT2D eigenvalue weighted by Crippen LogP contribution is -2.45. The molecule has 1 rings (SSSR count). The van der Waals surface area contributed by atoms with Crippen molar-refractivity contribution in [2.75, 3.05) is 13.6 Å². The van der Waals surface area contributed by atoms with Gasteiger partial charge in [-0.05, 0) is 25.5 Å². The number of hydrogen-bond acceptors (Lipinski definition) is 2. The van der Waals surface area contributed by atoms with Crippen LogP contribution in [0.25, 0.3) is 0 Å². The number of amides is 2. The fourth-order valence-corrected chi connectivity index (χ4v) is 2.33. The van der Waals surface area contributed by atoms with Crippen molar-refractivity contribution in [1.82, 2.24) is 10.2 Å². The summed E-state index contributed by atoms with van der Waals surface area (Å²) in [6.45, 7) is 5.00. The van der Waals surface area contributed by atoms with Gasteiger partial charge in [0.25, 0.3) is 0 Å². The number of aliphatic hydroxyl groups excluding tert-OH is 1. The van der Waals surface area contributed by atoms with Gasteiger partial charge in [0.05, 0.1) is 11.7 Å². The standard InChI is InChI=1S/C16H23F3N2O2/c1-10(22)9-21(4)15(23)20-12(3)11(2)13-7-5-6-8-14(13)16(17,18)19/h5-8,10-12,22H,9H2,1-4H3,(H,20,23). The highest BCUT2D eigenvalue weighted by molar-refractivity contribution is 5.74. The first-order valence-corrected chi connectivity index (χ1v) is 7.39. The van der Waals surface area contributed by atoms with Crippen molar-refractivity contribution in [2.45, 2.75) is 45.0 Å². The number of halogens is 3. The van der Waals surface area contributed by atoms with Crippen LogP contribution in [0.4, 0.5) is 18.0 Å². The molecule has 130 valence electrons. The van der Waals surface area contributed by atoms with Crippen molar-refractivity contribution < 1.29 is 23.1 Å². The molecule has 0 fully saturated rings. The van der Waals surface area contributed by atoms with E-state index in [2.05, 4.69) is 5.32 Å². The van der Waals surface area contributed by atoms with E-state index in [1.165, 1.54) is 24.1 Å². The molecule has 1 aromatic rings. The zero-order valence-electron chi connectivity index (χ0n) is 13.7. The molecule has 7 heteroatoms. The number of carbonyl (C=O) groups excluding carboxylic acids is 1. The summed E-state index contributed by atoms with van der Waals surface area (Å²) in [4.78, 5) is 13.3. The number of urea groups is 1. The molecule has 0 aromatic heterocycles. The van der Waals surface area contributed by atoms with Crippen LogP contribution in [0.5, 0.6) is 0 Å². The van der Waals surface area contributed by atoms with Gasteiger partial charge in [-0.25, -0.2) is 4.79 Å². The summed E-state index contributed by atoms with van der Waals surface area (Å²) in [6.07, 6.45) is -5.11. The molecule has 4 nitrogen and oxygen atoms in total. The third-order valence-electron chi connectivity index (χ3n) is 3.74. The highest BCUT2D eigenvalue weighted by Gasteiger charge is 2.35. The second-order valence-corrected chi connectivity index (χ2v) is 5.84. The Morgan fingerprint density at radius 3 is 2.35 bits per heavy atom. The molecule has 3 atom stereocenters. The molecule has 0 aliphatic heterocycles. The normalized spacial score (nSPS) is 15.7. The van der Waals surface area contributed by atoms with Gasteiger partial charge < -0.3 is 15.3 Å². The number of nitrogens with zero attached hydrogens (tertiary/aromatic N) is 1. The van der Waals surface area contributed by atoms with Crippen molar-refractivity contribution in [1.29, 1.82) is 0 Å². The summed E-state index contributed by atoms with van der Waals surface area (Å²) in [5.41, 5.74) is -0.545. The predicted octanol–water partition coefficient (Wildman–Crippen LogP) is 3.22. The topological polar surface area (TPSA) is 52.6 Å². The Hall–Kier alpha value is -1.76. The van der Waals surface area contributed by atoms with Gasteiger partial charge in [-0.2, -0.15) is 13.2 Å². The molecule has 23 heavy (non-hydrogen) atoms. The average molecular weight is 332 g/mol. The van der Waals surface area contributed by atoms with Crippen LogP contribution in [0.1, 0.15) is 37.8 Å². The molecule has 0 aliphatic rings. The summed E-state index contributed by atoms with van der Waals surface area (Å²) in [5.74, 6) is -0.517. The van der Waals surface area contributed by atoms with Gasteiger partial charge in [0.1, 0.15) is 0 Å². The first kappa shape index (κ1) is 19.3. The molecular formula is C16H23F3N2O2. The summed E-state index contributed by atoms with van der Waals surface area (Å²) in [5, 5.41) is 11.9. The minimum atomic E-state index is -4.43. The molecule has 0 bridgehead atoms. The number of aliphatic hydroxyl groups is 1. The molecule has 0 spiro atoms. The Balaban J connectivity index is 2.86. The van der Waals surface area contributed by atoms with Crippen molar-refractivity contribution >= 4 is 6.03 Å². The highest BCUT2D eigenvalue weighted by Crippen LogP contribution is 2.35. The quantitative estimate of drug-likeness (QED) is 0.870. The SMILES string of the molecule is CC(O)CN(C)C(=O)NC(C)C(C)c1ccccc1C(F)(F)F. The Morgan fingerprint density at radius 2 is 1.83 bits per heavy atom. The molecule has 2 amide bonds. The number of alkyl halides is 3. The van der Waals surface area contributed by atoms with Crippen molar-refractivity contribution in [3.63, 3.8) is 0 Å². The summed E-state index contributed by atoms with van der Waals surface area (Å²) < 4.78 is 39.2. The zero-order chi connectivity index (χ0) is 17.8. The molecule has 3 unspecified atom stereocenters. The van der Waals surface area contributed by atoms with Gasteiger partial charge in [-0.3, -0.25) is 0 Å². The van der Waals surface area contributed by atoms with E-state index >= 15 is 0 Å². The fourth-order valence-electron chi connectivity index (χ4n) is 2.33. The second kappa shape index (κ2) is 7.68. The molecule has 0 heterocycles. The molecule has 0 saturated heterocycles. The first-order chi connectivity index (χ1) is 10.5. The number of benzene rings is 1. The summed E-state index contributed by atoms with van der Waals surface area (Å²) in [6, 6.07) is 4.43. The Morgan fingerprint density at radius 1 is 1.26 bits per heavy atom. The number of rotatable bonds is 5. The van der Waals surface area contributed by atoms with E-state index in [1.807, 2.05) is 0 Å². The minimum Gasteiger partial charge on any atom is -0.392 e. The van der Waals surface area contributed by atoms with Crippen molar-refractivity contribution in [3.8, 4) is 0 Å². The van der Waals surface area contributed by atoms with Crippen LogP contribution in [-0.2, 0) is 6.18 Å². The smallest absolute Gasteiger partial charge is 0.392 e. The number of hydrogen-bond donors (Lipinski definition) is 2. The van der Waals surface area contributed by atoms with Gasteiger partial charge in [0, 0.05) is 25.6 Å². The first-order valence-electron chi connectivity index (χ1n) is 7.39. The lowest BCUT2D eigenvalue weighted by molar-refractivity contribution is -0.138. The van der Waals surface area contributed by atoms with Crippen LogP contribution >= 0.6 is 0 Å². The molecule has 1 aromatic carbocycles. The highest BCUT2D eigenvalue weighted by atomic mass is 19.4. The maximum Gasteiger partial charge on any atom is 0.416 e. The lowest BCUT2D eigenvalue weighted by atomic mass is 9.90. The second-order valence-electron chi connectivity index (χ2n) is 5.84. The van der Waals surface area contributed by atoms with E-state index in [1.54, 1.807) is 26.8 Å². The van der Waals surface area contributed by atoms with Crippen LogP contribution in [0.15, 0.2) is 24.3 Å². The van der Waals surface area contributed by atoms with Crippen LogP contribution in [0.3, 0.4) is 0 Å². The molecule has 0 aliphatic carbocycles. The van der Waals surface area contributed by atoms with Crippen LogP contribution < -0.4 is 5.32 Å².